The van der Waals surface area contributed by atoms with Crippen molar-refractivity contribution in [2.45, 2.75) is 39.7 Å². The molecule has 0 amide bonds. The largest absolute Gasteiger partial charge is 0.465 e. The third-order valence-corrected chi connectivity index (χ3v) is 3.99. The number of aryl methyl sites for hydroxylation is 2. The average molecular weight is 292 g/mol. The summed E-state index contributed by atoms with van der Waals surface area (Å²) >= 11 is 0. The van der Waals surface area contributed by atoms with Crippen LogP contribution in [0, 0.1) is 13.8 Å². The summed E-state index contributed by atoms with van der Waals surface area (Å²) in [6.07, 6.45) is 0.687. The van der Waals surface area contributed by atoms with E-state index in [1.807, 2.05) is 13.8 Å². The maximum absolute atomic E-state index is 12.1. The van der Waals surface area contributed by atoms with Crippen molar-refractivity contribution in [2.24, 2.45) is 0 Å². The van der Waals surface area contributed by atoms with Gasteiger partial charge in [-0.25, -0.2) is 0 Å². The molecule has 0 saturated heterocycles. The van der Waals surface area contributed by atoms with Gasteiger partial charge in [-0.3, -0.25) is 4.79 Å². The number of hydrogen-bond acceptors (Lipinski definition) is 4. The van der Waals surface area contributed by atoms with Crippen molar-refractivity contribution < 1.29 is 9.53 Å². The first kappa shape index (κ1) is 17.5. The summed E-state index contributed by atoms with van der Waals surface area (Å²) in [5.41, 5.74) is 3.06. The van der Waals surface area contributed by atoms with E-state index in [2.05, 4.69) is 49.3 Å². The van der Waals surface area contributed by atoms with Gasteiger partial charge in [-0.05, 0) is 52.8 Å². The molecule has 0 aliphatic heterocycles. The number of carbonyl (C=O) groups excluding carboxylic acids is 1. The molecular weight excluding hydrogens is 264 g/mol. The van der Waals surface area contributed by atoms with Crippen molar-refractivity contribution in [3.8, 4) is 0 Å². The van der Waals surface area contributed by atoms with Crippen LogP contribution in [0.25, 0.3) is 0 Å². The Morgan fingerprint density at radius 2 is 2.05 bits per heavy atom. The van der Waals surface area contributed by atoms with Crippen LogP contribution >= 0.6 is 0 Å². The monoisotopic (exact) mass is 292 g/mol. The van der Waals surface area contributed by atoms with E-state index >= 15 is 0 Å². The van der Waals surface area contributed by atoms with Gasteiger partial charge in [-0.15, -0.1) is 0 Å². The van der Waals surface area contributed by atoms with Gasteiger partial charge in [0.25, 0.3) is 0 Å². The lowest BCUT2D eigenvalue weighted by molar-refractivity contribution is -0.150. The van der Waals surface area contributed by atoms with Gasteiger partial charge in [0, 0.05) is 19.3 Å². The first-order chi connectivity index (χ1) is 9.84. The Bertz CT molecular complexity index is 488. The number of benzene rings is 1. The SMILES string of the molecule is CCOC(=O)C(C)(CCN(C)c1ccc(C)cc1C)NC. The van der Waals surface area contributed by atoms with Crippen LogP contribution < -0.4 is 10.2 Å². The molecule has 0 spiro atoms. The van der Waals surface area contributed by atoms with E-state index in [0.717, 1.165) is 6.54 Å². The lowest BCUT2D eigenvalue weighted by Gasteiger charge is -2.30. The fourth-order valence-corrected chi connectivity index (χ4v) is 2.36. The highest BCUT2D eigenvalue weighted by molar-refractivity contribution is 5.80. The van der Waals surface area contributed by atoms with E-state index in [1.54, 1.807) is 7.05 Å². The van der Waals surface area contributed by atoms with Crippen LogP contribution in [-0.2, 0) is 9.53 Å². The fourth-order valence-electron chi connectivity index (χ4n) is 2.36. The molecule has 21 heavy (non-hydrogen) atoms. The molecule has 1 aromatic rings. The van der Waals surface area contributed by atoms with E-state index in [0.29, 0.717) is 13.0 Å². The van der Waals surface area contributed by atoms with Crippen LogP contribution in [0.4, 0.5) is 5.69 Å². The van der Waals surface area contributed by atoms with Crippen molar-refractivity contribution in [3.05, 3.63) is 29.3 Å². The van der Waals surface area contributed by atoms with Crippen LogP contribution in [0.2, 0.25) is 0 Å². The van der Waals surface area contributed by atoms with Gasteiger partial charge >= 0.3 is 5.97 Å². The summed E-state index contributed by atoms with van der Waals surface area (Å²) in [5, 5.41) is 3.09. The number of carbonyl (C=O) groups is 1. The Morgan fingerprint density at radius 3 is 2.57 bits per heavy atom. The van der Waals surface area contributed by atoms with Gasteiger partial charge < -0.3 is 15.0 Å². The van der Waals surface area contributed by atoms with Crippen molar-refractivity contribution >= 4 is 11.7 Å². The Hall–Kier alpha value is -1.55. The molecule has 4 heteroatoms. The number of likely N-dealkylation sites (N-methyl/N-ethyl adjacent to an activating group) is 1. The summed E-state index contributed by atoms with van der Waals surface area (Å²) in [6.45, 7) is 9.11. The number of esters is 1. The molecule has 0 radical (unpaired) electrons. The number of nitrogens with one attached hydrogen (secondary N) is 1. The first-order valence-electron chi connectivity index (χ1n) is 7.48. The minimum atomic E-state index is -0.650. The lowest BCUT2D eigenvalue weighted by Crippen LogP contribution is -2.50. The third-order valence-electron chi connectivity index (χ3n) is 3.99. The highest BCUT2D eigenvalue weighted by Crippen LogP contribution is 2.21. The number of nitrogens with zero attached hydrogens (tertiary/aromatic N) is 1. The topological polar surface area (TPSA) is 41.6 Å². The van der Waals surface area contributed by atoms with Crippen LogP contribution in [0.5, 0.6) is 0 Å². The molecule has 1 rings (SSSR count). The molecule has 118 valence electrons. The minimum absolute atomic E-state index is 0.193. The molecule has 1 N–H and O–H groups in total. The average Bonchev–Trinajstić information content (AvgIpc) is 2.44. The van der Waals surface area contributed by atoms with Crippen molar-refractivity contribution in [1.82, 2.24) is 5.32 Å². The lowest BCUT2D eigenvalue weighted by atomic mass is 9.97. The number of ether oxygens (including phenoxy) is 1. The van der Waals surface area contributed by atoms with E-state index in [-0.39, 0.29) is 5.97 Å². The van der Waals surface area contributed by atoms with Gasteiger partial charge in [0.15, 0.2) is 0 Å². The third kappa shape index (κ3) is 4.46. The quantitative estimate of drug-likeness (QED) is 0.785. The molecule has 0 bridgehead atoms. The molecule has 1 atom stereocenters. The maximum Gasteiger partial charge on any atom is 0.326 e. The molecule has 1 unspecified atom stereocenters. The second-order valence-electron chi connectivity index (χ2n) is 5.76. The van der Waals surface area contributed by atoms with E-state index < -0.39 is 5.54 Å². The number of hydrogen-bond donors (Lipinski definition) is 1. The molecular formula is C17H28N2O2. The number of anilines is 1. The summed E-state index contributed by atoms with van der Waals surface area (Å²) in [4.78, 5) is 14.2. The zero-order valence-electron chi connectivity index (χ0n) is 14.1. The Kier molecular flexibility index (Phi) is 6.21. The van der Waals surface area contributed by atoms with Crippen molar-refractivity contribution in [3.63, 3.8) is 0 Å². The predicted molar refractivity (Wildman–Crippen MR) is 87.9 cm³/mol. The Balaban J connectivity index is 2.74. The van der Waals surface area contributed by atoms with Crippen LogP contribution in [0.1, 0.15) is 31.4 Å². The maximum atomic E-state index is 12.1. The normalized spacial score (nSPS) is 13.6. The van der Waals surface area contributed by atoms with Crippen LogP contribution in [0.3, 0.4) is 0 Å². The molecule has 0 aromatic heterocycles. The first-order valence-corrected chi connectivity index (χ1v) is 7.48. The summed E-state index contributed by atoms with van der Waals surface area (Å²) in [7, 11) is 3.85. The molecule has 0 saturated carbocycles. The Labute approximate surface area is 128 Å². The Morgan fingerprint density at radius 1 is 1.38 bits per heavy atom. The van der Waals surface area contributed by atoms with E-state index in [9.17, 15) is 4.79 Å². The van der Waals surface area contributed by atoms with Crippen molar-refractivity contribution in [2.75, 3.05) is 32.1 Å². The zero-order chi connectivity index (χ0) is 16.0. The smallest absolute Gasteiger partial charge is 0.326 e. The van der Waals surface area contributed by atoms with Crippen LogP contribution in [-0.4, -0.2) is 38.8 Å². The van der Waals surface area contributed by atoms with Gasteiger partial charge in [0.05, 0.1) is 6.61 Å². The molecule has 0 heterocycles. The second-order valence-corrected chi connectivity index (χ2v) is 5.76. The molecule has 0 aliphatic carbocycles. The standard InChI is InChI=1S/C17H28N2O2/c1-7-21-16(20)17(4,18-5)10-11-19(6)15-9-8-13(2)12-14(15)3/h8-9,12,18H,7,10-11H2,1-6H3. The second kappa shape index (κ2) is 7.46. The summed E-state index contributed by atoms with van der Waals surface area (Å²) in [6, 6.07) is 6.42. The molecule has 4 nitrogen and oxygen atoms in total. The van der Waals surface area contributed by atoms with E-state index in [4.69, 9.17) is 4.74 Å². The highest BCUT2D eigenvalue weighted by Gasteiger charge is 2.32. The van der Waals surface area contributed by atoms with Gasteiger partial charge in [-0.2, -0.15) is 0 Å². The molecule has 0 fully saturated rings. The van der Waals surface area contributed by atoms with Crippen LogP contribution in [0.15, 0.2) is 18.2 Å². The van der Waals surface area contributed by atoms with E-state index in [1.165, 1.54) is 16.8 Å². The van der Waals surface area contributed by atoms with Gasteiger partial charge in [-0.1, -0.05) is 17.7 Å². The molecule has 0 aliphatic rings. The summed E-state index contributed by atoms with van der Waals surface area (Å²) < 4.78 is 5.16. The fraction of sp³-hybridized carbons (Fsp3) is 0.588. The zero-order valence-corrected chi connectivity index (χ0v) is 14.1. The number of rotatable bonds is 7. The van der Waals surface area contributed by atoms with Gasteiger partial charge in [0.1, 0.15) is 5.54 Å². The van der Waals surface area contributed by atoms with Gasteiger partial charge in [0.2, 0.25) is 0 Å². The predicted octanol–water partition coefficient (Wildman–Crippen LogP) is 2.67. The minimum Gasteiger partial charge on any atom is -0.465 e. The summed E-state index contributed by atoms with van der Waals surface area (Å²) in [5.74, 6) is -0.193. The molecule has 1 aromatic carbocycles. The highest BCUT2D eigenvalue weighted by atomic mass is 16.5. The van der Waals surface area contributed by atoms with Crippen molar-refractivity contribution in [1.29, 1.82) is 0 Å².